The SMILES string of the molecule is O=[N+]([O-])c1cc(CNC(CO)c2ccccc2)ccc1Br. The number of hydrogen-bond donors (Lipinski definition) is 2. The number of hydrogen-bond acceptors (Lipinski definition) is 4. The molecule has 0 aliphatic rings. The second-order valence-corrected chi connectivity index (χ2v) is 5.42. The van der Waals surface area contributed by atoms with Gasteiger partial charge < -0.3 is 10.4 Å². The molecule has 0 saturated carbocycles. The zero-order valence-electron chi connectivity index (χ0n) is 11.2. The van der Waals surface area contributed by atoms with Gasteiger partial charge in [0.2, 0.25) is 0 Å². The van der Waals surface area contributed by atoms with Crippen molar-refractivity contribution in [1.82, 2.24) is 5.32 Å². The van der Waals surface area contributed by atoms with Crippen LogP contribution in [0.3, 0.4) is 0 Å². The molecule has 0 fully saturated rings. The summed E-state index contributed by atoms with van der Waals surface area (Å²) in [6.45, 7) is 0.400. The molecule has 0 radical (unpaired) electrons. The van der Waals surface area contributed by atoms with Gasteiger partial charge in [0.1, 0.15) is 0 Å². The Morgan fingerprint density at radius 1 is 1.24 bits per heavy atom. The highest BCUT2D eigenvalue weighted by molar-refractivity contribution is 9.10. The summed E-state index contributed by atoms with van der Waals surface area (Å²) in [6.07, 6.45) is 0. The Bertz CT molecular complexity index is 620. The maximum atomic E-state index is 10.9. The molecule has 0 aromatic heterocycles. The van der Waals surface area contributed by atoms with E-state index >= 15 is 0 Å². The molecule has 2 aromatic rings. The zero-order valence-corrected chi connectivity index (χ0v) is 12.8. The maximum Gasteiger partial charge on any atom is 0.283 e. The molecule has 5 nitrogen and oxygen atoms in total. The van der Waals surface area contributed by atoms with E-state index in [1.165, 1.54) is 6.07 Å². The summed E-state index contributed by atoms with van der Waals surface area (Å²) in [6, 6.07) is 14.4. The van der Waals surface area contributed by atoms with Crippen LogP contribution in [-0.2, 0) is 6.54 Å². The summed E-state index contributed by atoms with van der Waals surface area (Å²) in [5, 5.41) is 23.6. The topological polar surface area (TPSA) is 75.4 Å². The van der Waals surface area contributed by atoms with Crippen molar-refractivity contribution in [2.24, 2.45) is 0 Å². The van der Waals surface area contributed by atoms with Crippen molar-refractivity contribution in [3.8, 4) is 0 Å². The maximum absolute atomic E-state index is 10.9. The normalized spacial score (nSPS) is 12.1. The largest absolute Gasteiger partial charge is 0.394 e. The number of nitrogens with zero attached hydrogens (tertiary/aromatic N) is 1. The van der Waals surface area contributed by atoms with E-state index in [9.17, 15) is 15.2 Å². The third-order valence-corrected chi connectivity index (χ3v) is 3.81. The monoisotopic (exact) mass is 350 g/mol. The Kier molecular flexibility index (Phi) is 5.44. The van der Waals surface area contributed by atoms with Gasteiger partial charge in [0, 0.05) is 12.6 Å². The Balaban J connectivity index is 2.08. The third-order valence-electron chi connectivity index (χ3n) is 3.14. The quantitative estimate of drug-likeness (QED) is 0.619. The second-order valence-electron chi connectivity index (χ2n) is 4.57. The van der Waals surface area contributed by atoms with Gasteiger partial charge in [-0.1, -0.05) is 36.4 Å². The molecule has 2 N–H and O–H groups in total. The van der Waals surface area contributed by atoms with Crippen molar-refractivity contribution >= 4 is 21.6 Å². The van der Waals surface area contributed by atoms with Gasteiger partial charge in [-0.3, -0.25) is 10.1 Å². The number of nitrogens with one attached hydrogen (secondary N) is 1. The van der Waals surface area contributed by atoms with Gasteiger partial charge in [0.05, 0.1) is 22.0 Å². The second kappa shape index (κ2) is 7.31. The number of rotatable bonds is 6. The van der Waals surface area contributed by atoms with Gasteiger partial charge in [0.25, 0.3) is 5.69 Å². The molecule has 6 heteroatoms. The Labute approximate surface area is 130 Å². The first-order chi connectivity index (χ1) is 10.1. The molecule has 0 saturated heterocycles. The van der Waals surface area contributed by atoms with Crippen LogP contribution in [0.2, 0.25) is 0 Å². The lowest BCUT2D eigenvalue weighted by Crippen LogP contribution is -2.23. The van der Waals surface area contributed by atoms with Crippen LogP contribution in [0.4, 0.5) is 5.69 Å². The van der Waals surface area contributed by atoms with Crippen molar-refractivity contribution in [2.75, 3.05) is 6.61 Å². The van der Waals surface area contributed by atoms with E-state index in [1.54, 1.807) is 6.07 Å². The fourth-order valence-electron chi connectivity index (χ4n) is 2.02. The molecule has 0 spiro atoms. The van der Waals surface area contributed by atoms with E-state index in [-0.39, 0.29) is 18.3 Å². The highest BCUT2D eigenvalue weighted by Crippen LogP contribution is 2.25. The van der Waals surface area contributed by atoms with E-state index in [0.29, 0.717) is 11.0 Å². The summed E-state index contributed by atoms with van der Waals surface area (Å²) < 4.78 is 0.456. The first-order valence-corrected chi connectivity index (χ1v) is 7.23. The fraction of sp³-hybridized carbons (Fsp3) is 0.200. The molecule has 0 bridgehead atoms. The van der Waals surface area contributed by atoms with Crippen LogP contribution in [0.1, 0.15) is 17.2 Å². The lowest BCUT2D eigenvalue weighted by molar-refractivity contribution is -0.385. The molecule has 2 rings (SSSR count). The first-order valence-electron chi connectivity index (χ1n) is 6.44. The van der Waals surface area contributed by atoms with E-state index < -0.39 is 4.92 Å². The molecule has 2 aromatic carbocycles. The van der Waals surface area contributed by atoms with Crippen LogP contribution in [0.25, 0.3) is 0 Å². The van der Waals surface area contributed by atoms with Crippen molar-refractivity contribution in [2.45, 2.75) is 12.6 Å². The number of halogens is 1. The van der Waals surface area contributed by atoms with Crippen LogP contribution in [-0.4, -0.2) is 16.6 Å². The average Bonchev–Trinajstić information content (AvgIpc) is 2.50. The minimum Gasteiger partial charge on any atom is -0.394 e. The highest BCUT2D eigenvalue weighted by atomic mass is 79.9. The molecular weight excluding hydrogens is 336 g/mol. The summed E-state index contributed by atoms with van der Waals surface area (Å²) in [5.41, 5.74) is 1.81. The molecule has 0 heterocycles. The summed E-state index contributed by atoms with van der Waals surface area (Å²) >= 11 is 3.16. The van der Waals surface area contributed by atoms with Crippen molar-refractivity contribution in [3.63, 3.8) is 0 Å². The van der Waals surface area contributed by atoms with Crippen LogP contribution >= 0.6 is 15.9 Å². The van der Waals surface area contributed by atoms with Crippen LogP contribution in [0, 0.1) is 10.1 Å². The summed E-state index contributed by atoms with van der Waals surface area (Å²) in [4.78, 5) is 10.5. The molecular formula is C15H15BrN2O3. The van der Waals surface area contributed by atoms with Gasteiger partial charge in [-0.15, -0.1) is 0 Å². The zero-order chi connectivity index (χ0) is 15.2. The standard InChI is InChI=1S/C15H15BrN2O3/c16-13-7-6-11(8-15(13)18(20)21)9-17-14(10-19)12-4-2-1-3-5-12/h1-8,14,17,19H,9-10H2. The van der Waals surface area contributed by atoms with Gasteiger partial charge in [-0.2, -0.15) is 0 Å². The number of nitro benzene ring substituents is 1. The molecule has 110 valence electrons. The number of aliphatic hydroxyl groups is 1. The van der Waals surface area contributed by atoms with E-state index in [4.69, 9.17) is 0 Å². The van der Waals surface area contributed by atoms with Gasteiger partial charge in [-0.05, 0) is 33.1 Å². The first kappa shape index (κ1) is 15.6. The Morgan fingerprint density at radius 3 is 2.57 bits per heavy atom. The molecule has 0 aliphatic carbocycles. The van der Waals surface area contributed by atoms with E-state index in [0.717, 1.165) is 11.1 Å². The predicted octanol–water partition coefficient (Wildman–Crippen LogP) is 3.18. The molecule has 21 heavy (non-hydrogen) atoms. The molecule has 1 unspecified atom stereocenters. The minimum absolute atomic E-state index is 0.0366. The summed E-state index contributed by atoms with van der Waals surface area (Å²) in [5.74, 6) is 0. The Morgan fingerprint density at radius 2 is 1.95 bits per heavy atom. The van der Waals surface area contributed by atoms with Gasteiger partial charge >= 0.3 is 0 Å². The molecule has 0 amide bonds. The van der Waals surface area contributed by atoms with Crippen molar-refractivity contribution < 1.29 is 10.0 Å². The number of aliphatic hydroxyl groups excluding tert-OH is 1. The van der Waals surface area contributed by atoms with Crippen LogP contribution in [0.5, 0.6) is 0 Å². The van der Waals surface area contributed by atoms with E-state index in [2.05, 4.69) is 21.2 Å². The predicted molar refractivity (Wildman–Crippen MR) is 83.9 cm³/mol. The fourth-order valence-corrected chi connectivity index (χ4v) is 2.41. The lowest BCUT2D eigenvalue weighted by atomic mass is 10.1. The average molecular weight is 351 g/mol. The van der Waals surface area contributed by atoms with Crippen molar-refractivity contribution in [3.05, 3.63) is 74.2 Å². The smallest absolute Gasteiger partial charge is 0.283 e. The Hall–Kier alpha value is -1.76. The van der Waals surface area contributed by atoms with Gasteiger partial charge in [0.15, 0.2) is 0 Å². The minimum atomic E-state index is -0.422. The van der Waals surface area contributed by atoms with Crippen LogP contribution in [0.15, 0.2) is 53.0 Å². The van der Waals surface area contributed by atoms with Crippen molar-refractivity contribution in [1.29, 1.82) is 0 Å². The van der Waals surface area contributed by atoms with Gasteiger partial charge in [-0.25, -0.2) is 0 Å². The summed E-state index contributed by atoms with van der Waals surface area (Å²) in [7, 11) is 0. The third kappa shape index (κ3) is 4.10. The number of benzene rings is 2. The van der Waals surface area contributed by atoms with Crippen LogP contribution < -0.4 is 5.32 Å². The van der Waals surface area contributed by atoms with E-state index in [1.807, 2.05) is 36.4 Å². The molecule has 1 atom stereocenters. The highest BCUT2D eigenvalue weighted by Gasteiger charge is 2.14. The molecule has 0 aliphatic heterocycles. The number of nitro groups is 1. The lowest BCUT2D eigenvalue weighted by Gasteiger charge is -2.16.